The first-order chi connectivity index (χ1) is 14.5. The van der Waals surface area contributed by atoms with E-state index in [-0.39, 0.29) is 24.8 Å². The van der Waals surface area contributed by atoms with E-state index in [1.165, 1.54) is 12.3 Å². The summed E-state index contributed by atoms with van der Waals surface area (Å²) in [7, 11) is 0. The molecule has 0 radical (unpaired) electrons. The summed E-state index contributed by atoms with van der Waals surface area (Å²) in [5.74, 6) is -1.40. The fourth-order valence-electron chi connectivity index (χ4n) is 3.90. The van der Waals surface area contributed by atoms with Crippen molar-refractivity contribution in [1.82, 2.24) is 14.9 Å². The Hall–Kier alpha value is -3.04. The van der Waals surface area contributed by atoms with Crippen LogP contribution in [-0.4, -0.2) is 51.5 Å². The Bertz CT molecular complexity index is 1070. The minimum Gasteiger partial charge on any atom is -0.394 e. The van der Waals surface area contributed by atoms with Gasteiger partial charge in [0.25, 0.3) is 5.91 Å². The van der Waals surface area contributed by atoms with Gasteiger partial charge in [0.1, 0.15) is 11.6 Å². The number of fused-ring (bicyclic) bond motifs is 1. The zero-order valence-corrected chi connectivity index (χ0v) is 16.1. The van der Waals surface area contributed by atoms with Crippen LogP contribution in [-0.2, 0) is 0 Å². The number of pyridine rings is 1. The summed E-state index contributed by atoms with van der Waals surface area (Å²) in [6.45, 7) is -0.105. The number of aromatic nitrogens is 2. The molecule has 3 heterocycles. The lowest BCUT2D eigenvalue weighted by molar-refractivity contribution is 0.0881. The molecule has 7 nitrogen and oxygen atoms in total. The smallest absolute Gasteiger partial charge is 0.255 e. The van der Waals surface area contributed by atoms with E-state index in [2.05, 4.69) is 10.4 Å². The highest BCUT2D eigenvalue weighted by atomic mass is 19.1. The first-order valence-corrected chi connectivity index (χ1v) is 9.73. The van der Waals surface area contributed by atoms with Crippen molar-refractivity contribution in [2.24, 2.45) is 0 Å². The van der Waals surface area contributed by atoms with Crippen molar-refractivity contribution in [3.63, 3.8) is 0 Å². The maximum atomic E-state index is 14.4. The quantitative estimate of drug-likeness (QED) is 0.572. The van der Waals surface area contributed by atoms with E-state index in [0.717, 1.165) is 24.2 Å². The molecule has 1 amide bonds. The van der Waals surface area contributed by atoms with Crippen LogP contribution in [0.2, 0.25) is 0 Å². The second-order valence-electron chi connectivity index (χ2n) is 7.33. The van der Waals surface area contributed by atoms with Crippen LogP contribution in [0, 0.1) is 11.6 Å². The molecule has 1 saturated heterocycles. The van der Waals surface area contributed by atoms with Crippen LogP contribution >= 0.6 is 0 Å². The lowest BCUT2D eigenvalue weighted by Gasteiger charge is -2.27. The molecular weight excluding hydrogens is 394 g/mol. The number of aliphatic hydroxyl groups excluding tert-OH is 2. The highest BCUT2D eigenvalue weighted by molar-refractivity contribution is 6.01. The Morgan fingerprint density at radius 3 is 2.80 bits per heavy atom. The van der Waals surface area contributed by atoms with Crippen molar-refractivity contribution in [2.45, 2.75) is 24.9 Å². The minimum atomic E-state index is -0.769. The van der Waals surface area contributed by atoms with E-state index in [1.807, 2.05) is 11.0 Å². The number of carbonyl (C=O) groups excluding carboxylic acids is 1. The molecule has 158 valence electrons. The Morgan fingerprint density at radius 1 is 1.23 bits per heavy atom. The minimum absolute atomic E-state index is 0.288. The van der Waals surface area contributed by atoms with E-state index in [4.69, 9.17) is 0 Å². The maximum Gasteiger partial charge on any atom is 0.255 e. The van der Waals surface area contributed by atoms with Crippen LogP contribution in [0.3, 0.4) is 0 Å². The Morgan fingerprint density at radius 2 is 2.03 bits per heavy atom. The van der Waals surface area contributed by atoms with E-state index in [1.54, 1.807) is 16.8 Å². The molecule has 30 heavy (non-hydrogen) atoms. The molecule has 0 aliphatic carbocycles. The third-order valence-electron chi connectivity index (χ3n) is 5.43. The van der Waals surface area contributed by atoms with Gasteiger partial charge in [-0.05, 0) is 43.2 Å². The molecule has 1 aliphatic heterocycles. The molecular formula is C21H22F2N4O3. The number of halogens is 2. The molecule has 1 fully saturated rings. The molecule has 4 rings (SSSR count). The zero-order chi connectivity index (χ0) is 21.3. The predicted molar refractivity (Wildman–Crippen MR) is 106 cm³/mol. The lowest BCUT2D eigenvalue weighted by Crippen LogP contribution is -2.40. The van der Waals surface area contributed by atoms with Crippen LogP contribution in [0.5, 0.6) is 0 Å². The largest absolute Gasteiger partial charge is 0.394 e. The molecule has 3 N–H and O–H groups in total. The summed E-state index contributed by atoms with van der Waals surface area (Å²) in [5, 5.41) is 25.1. The molecule has 0 bridgehead atoms. The number of anilines is 1. The van der Waals surface area contributed by atoms with Gasteiger partial charge < -0.3 is 20.4 Å². The fourth-order valence-corrected chi connectivity index (χ4v) is 3.90. The molecule has 0 spiro atoms. The molecule has 3 aromatic rings. The summed E-state index contributed by atoms with van der Waals surface area (Å²) in [4.78, 5) is 14.6. The van der Waals surface area contributed by atoms with E-state index >= 15 is 0 Å². The van der Waals surface area contributed by atoms with E-state index in [0.29, 0.717) is 24.0 Å². The lowest BCUT2D eigenvalue weighted by atomic mass is 10.0. The van der Waals surface area contributed by atoms with Gasteiger partial charge in [-0.15, -0.1) is 0 Å². The summed E-state index contributed by atoms with van der Waals surface area (Å²) >= 11 is 0. The summed E-state index contributed by atoms with van der Waals surface area (Å²) < 4.78 is 29.6. The van der Waals surface area contributed by atoms with Gasteiger partial charge in [-0.3, -0.25) is 4.79 Å². The van der Waals surface area contributed by atoms with Crippen LogP contribution < -0.4 is 10.2 Å². The topological polar surface area (TPSA) is 90.1 Å². The van der Waals surface area contributed by atoms with Gasteiger partial charge in [0.05, 0.1) is 42.6 Å². The molecule has 1 aromatic carbocycles. The first-order valence-electron chi connectivity index (χ1n) is 9.73. The summed E-state index contributed by atoms with van der Waals surface area (Å²) in [6, 6.07) is 6.01. The van der Waals surface area contributed by atoms with Crippen LogP contribution in [0.1, 0.15) is 34.8 Å². The number of aliphatic hydroxyl groups is 2. The van der Waals surface area contributed by atoms with Crippen molar-refractivity contribution < 1.29 is 23.8 Å². The molecule has 0 saturated carbocycles. The number of carbonyl (C=O) groups is 1. The molecule has 1 aliphatic rings. The van der Waals surface area contributed by atoms with Gasteiger partial charge >= 0.3 is 0 Å². The molecule has 9 heteroatoms. The van der Waals surface area contributed by atoms with Crippen molar-refractivity contribution in [3.05, 3.63) is 65.5 Å². The van der Waals surface area contributed by atoms with E-state index in [9.17, 15) is 23.8 Å². The number of rotatable bonds is 6. The summed E-state index contributed by atoms with van der Waals surface area (Å²) in [5.41, 5.74) is 1.90. The predicted octanol–water partition coefficient (Wildman–Crippen LogP) is 2.04. The Labute approximate surface area is 171 Å². The van der Waals surface area contributed by atoms with Crippen LogP contribution in [0.25, 0.3) is 5.52 Å². The molecule has 2 aromatic heterocycles. The van der Waals surface area contributed by atoms with Gasteiger partial charge in [-0.2, -0.15) is 5.10 Å². The number of nitrogens with one attached hydrogen (secondary N) is 1. The molecule has 1 atom stereocenters. The number of amides is 1. The van der Waals surface area contributed by atoms with Gasteiger partial charge in [0.2, 0.25) is 0 Å². The third-order valence-corrected chi connectivity index (χ3v) is 5.43. The van der Waals surface area contributed by atoms with Crippen molar-refractivity contribution in [3.8, 4) is 0 Å². The highest BCUT2D eigenvalue weighted by Crippen LogP contribution is 2.38. The average Bonchev–Trinajstić information content (AvgIpc) is 3.40. The Balaban J connectivity index is 1.67. The van der Waals surface area contributed by atoms with Crippen LogP contribution in [0.4, 0.5) is 14.5 Å². The standard InChI is InChI=1S/C21H22F2N4O3/c22-13-3-4-18(23)16(8-13)19-2-1-6-26(19)15-5-7-27-20(9-15)17(10-24-27)21(30)25-14(11-28)12-29/h3-5,7-10,14,19,28-29H,1-2,6,11-12H2,(H,25,30). The van der Waals surface area contributed by atoms with Crippen molar-refractivity contribution >= 4 is 17.1 Å². The van der Waals surface area contributed by atoms with Crippen molar-refractivity contribution in [2.75, 3.05) is 24.7 Å². The van der Waals surface area contributed by atoms with Gasteiger partial charge in [-0.1, -0.05) is 0 Å². The average molecular weight is 416 g/mol. The second-order valence-corrected chi connectivity index (χ2v) is 7.33. The fraction of sp³-hybridized carbons (Fsp3) is 0.333. The van der Waals surface area contributed by atoms with Gasteiger partial charge in [0.15, 0.2) is 0 Å². The normalized spacial score (nSPS) is 16.6. The highest BCUT2D eigenvalue weighted by Gasteiger charge is 2.29. The SMILES string of the molecule is O=C(NC(CO)CO)c1cnn2ccc(N3CCCC3c3cc(F)ccc3F)cc12. The number of nitrogens with zero attached hydrogens (tertiary/aromatic N) is 3. The number of hydrogen-bond donors (Lipinski definition) is 3. The van der Waals surface area contributed by atoms with E-state index < -0.39 is 23.6 Å². The first kappa shape index (κ1) is 20.2. The zero-order valence-electron chi connectivity index (χ0n) is 16.1. The van der Waals surface area contributed by atoms with Gasteiger partial charge in [0, 0.05) is 24.0 Å². The third kappa shape index (κ3) is 3.73. The summed E-state index contributed by atoms with van der Waals surface area (Å²) in [6.07, 6.45) is 4.63. The molecule has 1 unspecified atom stereocenters. The second kappa shape index (κ2) is 8.37. The Kier molecular flexibility index (Phi) is 5.65. The van der Waals surface area contributed by atoms with Gasteiger partial charge in [-0.25, -0.2) is 13.3 Å². The van der Waals surface area contributed by atoms with Crippen molar-refractivity contribution in [1.29, 1.82) is 0 Å². The van der Waals surface area contributed by atoms with Crippen LogP contribution in [0.15, 0.2) is 42.7 Å². The number of hydrogen-bond acceptors (Lipinski definition) is 5. The maximum absolute atomic E-state index is 14.4. The monoisotopic (exact) mass is 416 g/mol. The number of benzene rings is 1.